The Kier molecular flexibility index (Phi) is 6.84. The van der Waals surface area contributed by atoms with Crippen molar-refractivity contribution in [3.8, 4) is 0 Å². The first-order valence-corrected chi connectivity index (χ1v) is 11.4. The highest BCUT2D eigenvalue weighted by Gasteiger charge is 2.15. The predicted molar refractivity (Wildman–Crippen MR) is 115 cm³/mol. The van der Waals surface area contributed by atoms with Gasteiger partial charge in [-0.1, -0.05) is 24.6 Å². The van der Waals surface area contributed by atoms with Crippen molar-refractivity contribution >= 4 is 32.0 Å². The normalized spacial score (nSPS) is 13.6. The molecule has 2 heterocycles. The highest BCUT2D eigenvalue weighted by molar-refractivity contribution is 7.89. The average Bonchev–Trinajstić information content (AvgIpc) is 3.10. The summed E-state index contributed by atoms with van der Waals surface area (Å²) in [6, 6.07) is 7.98. The van der Waals surface area contributed by atoms with E-state index in [2.05, 4.69) is 9.55 Å². The Labute approximate surface area is 171 Å². The van der Waals surface area contributed by atoms with Gasteiger partial charge in [0.25, 0.3) is 0 Å². The summed E-state index contributed by atoms with van der Waals surface area (Å²) in [5, 5.41) is 1.04. The molecule has 3 aromatic rings. The van der Waals surface area contributed by atoms with Gasteiger partial charge in [0.15, 0.2) is 0 Å². The number of aryl methyl sites for hydroxylation is 1. The van der Waals surface area contributed by atoms with Crippen LogP contribution < -0.4 is 5.73 Å². The van der Waals surface area contributed by atoms with E-state index in [4.69, 9.17) is 15.5 Å². The van der Waals surface area contributed by atoms with E-state index in [0.717, 1.165) is 47.0 Å². The molecule has 158 valence electrons. The van der Waals surface area contributed by atoms with Crippen molar-refractivity contribution in [2.45, 2.75) is 45.6 Å². The number of sulfonamides is 1. The van der Waals surface area contributed by atoms with Crippen LogP contribution in [0.5, 0.6) is 0 Å². The van der Waals surface area contributed by atoms with Gasteiger partial charge in [-0.3, -0.25) is 0 Å². The molecule has 0 aliphatic carbocycles. The molecule has 0 spiro atoms. The molecular weight excluding hydrogens is 390 g/mol. The number of ether oxygens (including phenoxy) is 1. The lowest BCUT2D eigenvalue weighted by Gasteiger charge is -2.12. The minimum atomic E-state index is -3.13. The van der Waals surface area contributed by atoms with Crippen molar-refractivity contribution in [3.63, 3.8) is 0 Å². The molecule has 8 nitrogen and oxygen atoms in total. The van der Waals surface area contributed by atoms with E-state index in [1.165, 1.54) is 4.31 Å². The molecule has 1 unspecified atom stereocenters. The molecular formula is C20H29N5O3S. The molecule has 2 aromatic heterocycles. The van der Waals surface area contributed by atoms with Crippen LogP contribution in [0.15, 0.2) is 30.6 Å². The van der Waals surface area contributed by atoms with E-state index < -0.39 is 10.0 Å². The topological polar surface area (TPSA) is 103 Å². The summed E-state index contributed by atoms with van der Waals surface area (Å²) in [5.74, 6) is 0.177. The smallest absolute Gasteiger partial charge is 0.213 e. The van der Waals surface area contributed by atoms with Crippen LogP contribution in [0.2, 0.25) is 0 Å². The van der Waals surface area contributed by atoms with Gasteiger partial charge in [0, 0.05) is 26.0 Å². The molecule has 0 saturated heterocycles. The van der Waals surface area contributed by atoms with Crippen molar-refractivity contribution in [3.05, 3.63) is 36.3 Å². The third-order valence-electron chi connectivity index (χ3n) is 4.87. The Morgan fingerprint density at radius 2 is 1.97 bits per heavy atom. The number of rotatable bonds is 10. The van der Waals surface area contributed by atoms with E-state index >= 15 is 0 Å². The zero-order valence-corrected chi connectivity index (χ0v) is 18.0. The van der Waals surface area contributed by atoms with Gasteiger partial charge in [-0.15, -0.1) is 0 Å². The summed E-state index contributed by atoms with van der Waals surface area (Å²) in [7, 11) is 0.00337. The third-order valence-corrected chi connectivity index (χ3v) is 6.78. The number of nitrogens with two attached hydrogens (primary N) is 1. The molecule has 2 N–H and O–H groups in total. The lowest BCUT2D eigenvalue weighted by atomic mass is 10.1. The van der Waals surface area contributed by atoms with E-state index in [9.17, 15) is 8.42 Å². The molecule has 9 heteroatoms. The second-order valence-electron chi connectivity index (χ2n) is 7.39. The molecule has 0 radical (unpaired) electrons. The fourth-order valence-electron chi connectivity index (χ4n) is 3.25. The summed E-state index contributed by atoms with van der Waals surface area (Å²) >= 11 is 0. The van der Waals surface area contributed by atoms with Crippen LogP contribution in [-0.2, 0) is 27.9 Å². The van der Waals surface area contributed by atoms with E-state index in [0.29, 0.717) is 13.0 Å². The minimum Gasteiger partial charge on any atom is -0.358 e. The van der Waals surface area contributed by atoms with Crippen molar-refractivity contribution in [1.29, 1.82) is 0 Å². The van der Waals surface area contributed by atoms with Gasteiger partial charge >= 0.3 is 0 Å². The number of para-hydroxylation sites is 1. The Morgan fingerprint density at radius 1 is 1.21 bits per heavy atom. The molecule has 1 atom stereocenters. The van der Waals surface area contributed by atoms with Crippen molar-refractivity contribution < 1.29 is 13.2 Å². The van der Waals surface area contributed by atoms with Gasteiger partial charge in [0.05, 0.1) is 35.4 Å². The summed E-state index contributed by atoms with van der Waals surface area (Å²) in [5.41, 5.74) is 9.23. The van der Waals surface area contributed by atoms with E-state index in [1.54, 1.807) is 21.0 Å². The monoisotopic (exact) mass is 419 g/mol. The number of aromatic nitrogens is 3. The zero-order chi connectivity index (χ0) is 21.0. The van der Waals surface area contributed by atoms with Crippen LogP contribution in [0.3, 0.4) is 0 Å². The Bertz CT molecular complexity index is 1080. The average molecular weight is 420 g/mol. The maximum absolute atomic E-state index is 11.9. The van der Waals surface area contributed by atoms with Crippen molar-refractivity contribution in [1.82, 2.24) is 18.8 Å². The molecule has 0 saturated carbocycles. The summed E-state index contributed by atoms with van der Waals surface area (Å²) < 4.78 is 32.7. The lowest BCUT2D eigenvalue weighted by molar-refractivity contribution is 0.0564. The fourth-order valence-corrected chi connectivity index (χ4v) is 4.19. The summed E-state index contributed by atoms with van der Waals surface area (Å²) in [4.78, 5) is 9.30. The lowest BCUT2D eigenvalue weighted by Crippen LogP contribution is -2.25. The number of hydrogen-bond donors (Lipinski definition) is 1. The Hall–Kier alpha value is -2.07. The van der Waals surface area contributed by atoms with Crippen LogP contribution in [0.25, 0.3) is 21.9 Å². The van der Waals surface area contributed by atoms with Crippen LogP contribution in [0.4, 0.5) is 0 Å². The largest absolute Gasteiger partial charge is 0.358 e. The molecule has 1 aromatic carbocycles. The molecule has 3 rings (SSSR count). The maximum Gasteiger partial charge on any atom is 0.213 e. The number of imidazole rings is 1. The zero-order valence-electron chi connectivity index (χ0n) is 17.2. The number of fused-ring (bicyclic) bond motifs is 3. The highest BCUT2D eigenvalue weighted by atomic mass is 32.2. The second-order valence-corrected chi connectivity index (χ2v) is 9.69. The maximum atomic E-state index is 11.9. The number of nitrogens with zero attached hydrogens (tertiary/aromatic N) is 4. The SMILES string of the molecule is CC(N)OCc1nc2ccccc2c2c1ncn2CCCCCS(=O)(=O)N(C)C. The number of benzene rings is 1. The first kappa shape index (κ1) is 21.6. The first-order valence-electron chi connectivity index (χ1n) is 9.79. The Balaban J connectivity index is 1.78. The highest BCUT2D eigenvalue weighted by Crippen LogP contribution is 2.26. The summed E-state index contributed by atoms with van der Waals surface area (Å²) in [6.07, 6.45) is 3.79. The molecule has 29 heavy (non-hydrogen) atoms. The molecule has 0 bridgehead atoms. The predicted octanol–water partition coefficient (Wildman–Crippen LogP) is 2.47. The Morgan fingerprint density at radius 3 is 2.69 bits per heavy atom. The number of pyridine rings is 1. The first-order chi connectivity index (χ1) is 13.8. The molecule has 0 aliphatic rings. The van der Waals surface area contributed by atoms with Crippen LogP contribution in [0.1, 0.15) is 31.9 Å². The van der Waals surface area contributed by atoms with Gasteiger partial charge in [-0.2, -0.15) is 0 Å². The van der Waals surface area contributed by atoms with Gasteiger partial charge in [0.1, 0.15) is 11.7 Å². The van der Waals surface area contributed by atoms with Crippen molar-refractivity contribution in [2.24, 2.45) is 5.73 Å². The van der Waals surface area contributed by atoms with E-state index in [-0.39, 0.29) is 12.0 Å². The van der Waals surface area contributed by atoms with E-state index in [1.807, 2.05) is 30.6 Å². The van der Waals surface area contributed by atoms with Crippen LogP contribution in [-0.4, -0.2) is 53.3 Å². The summed E-state index contributed by atoms with van der Waals surface area (Å²) in [6.45, 7) is 2.85. The van der Waals surface area contributed by atoms with Crippen LogP contribution in [0, 0.1) is 0 Å². The standard InChI is InChI=1S/C20H29N5O3S/c1-15(21)28-13-18-19-20(16-9-5-6-10-17(16)23-18)25(14-22-19)11-7-4-8-12-29(26,27)24(2)3/h5-6,9-10,14-15H,4,7-8,11-13,21H2,1-3H3. The van der Waals surface area contributed by atoms with Crippen LogP contribution >= 0.6 is 0 Å². The van der Waals surface area contributed by atoms with Gasteiger partial charge < -0.3 is 15.0 Å². The fraction of sp³-hybridized carbons (Fsp3) is 0.500. The second kappa shape index (κ2) is 9.17. The van der Waals surface area contributed by atoms with Crippen molar-refractivity contribution in [2.75, 3.05) is 19.8 Å². The third kappa shape index (κ3) is 5.11. The molecule has 0 fully saturated rings. The van der Waals surface area contributed by atoms with Gasteiger partial charge in [-0.25, -0.2) is 22.7 Å². The number of hydrogen-bond acceptors (Lipinski definition) is 6. The minimum absolute atomic E-state index is 0.177. The number of unbranched alkanes of at least 4 members (excludes halogenated alkanes) is 2. The quantitative estimate of drug-likeness (QED) is 0.400. The van der Waals surface area contributed by atoms with Gasteiger partial charge in [-0.05, 0) is 25.8 Å². The molecule has 0 aliphatic heterocycles. The van der Waals surface area contributed by atoms with Gasteiger partial charge in [0.2, 0.25) is 10.0 Å². The molecule has 0 amide bonds.